The van der Waals surface area contributed by atoms with Gasteiger partial charge in [0.15, 0.2) is 0 Å². The van der Waals surface area contributed by atoms with Crippen molar-refractivity contribution in [2.24, 2.45) is 0 Å². The standard InChI is InChI=1S/C11H25NO4Si/c1-4-15-17(16-5-2)10-6-8-12(3)9-7-11(13)14/h17H,4-10H2,1-3H3,(H,13,14). The zero-order valence-corrected chi connectivity index (χ0v) is 12.3. The van der Waals surface area contributed by atoms with Gasteiger partial charge in [0.05, 0.1) is 6.42 Å². The summed E-state index contributed by atoms with van der Waals surface area (Å²) in [5.74, 6) is -0.743. The van der Waals surface area contributed by atoms with E-state index in [0.29, 0.717) is 19.8 Å². The summed E-state index contributed by atoms with van der Waals surface area (Å²) in [4.78, 5) is 12.4. The van der Waals surface area contributed by atoms with Crippen molar-refractivity contribution in [1.82, 2.24) is 4.90 Å². The molecule has 0 aromatic rings. The number of carboxylic acid groups (broad SMARTS) is 1. The second-order valence-corrected chi connectivity index (χ2v) is 6.03. The third-order valence-electron chi connectivity index (χ3n) is 2.39. The highest BCUT2D eigenvalue weighted by atomic mass is 28.3. The Morgan fingerprint density at radius 2 is 1.82 bits per heavy atom. The number of carbonyl (C=O) groups is 1. The average molecular weight is 263 g/mol. The second-order valence-electron chi connectivity index (χ2n) is 3.93. The van der Waals surface area contributed by atoms with Crippen LogP contribution in [0.3, 0.4) is 0 Å². The van der Waals surface area contributed by atoms with Crippen molar-refractivity contribution in [1.29, 1.82) is 0 Å². The first-order valence-corrected chi connectivity index (χ1v) is 7.99. The summed E-state index contributed by atoms with van der Waals surface area (Å²) in [6, 6.07) is 0.985. The first-order valence-electron chi connectivity index (χ1n) is 6.23. The first-order chi connectivity index (χ1) is 8.10. The van der Waals surface area contributed by atoms with Gasteiger partial charge in [0.1, 0.15) is 0 Å². The Hall–Kier alpha value is -0.433. The van der Waals surface area contributed by atoms with E-state index in [1.807, 2.05) is 25.8 Å². The molecule has 0 saturated heterocycles. The van der Waals surface area contributed by atoms with Gasteiger partial charge in [-0.05, 0) is 39.9 Å². The SMILES string of the molecule is CCO[SiH](CCCN(C)CCC(=O)O)OCC. The zero-order chi connectivity index (χ0) is 13.1. The summed E-state index contributed by atoms with van der Waals surface area (Å²) < 4.78 is 11.1. The van der Waals surface area contributed by atoms with Gasteiger partial charge >= 0.3 is 15.3 Å². The number of hydrogen-bond donors (Lipinski definition) is 1. The molecule has 0 aromatic heterocycles. The van der Waals surface area contributed by atoms with Crippen LogP contribution in [0.25, 0.3) is 0 Å². The molecule has 0 bridgehead atoms. The van der Waals surface area contributed by atoms with Crippen molar-refractivity contribution in [3.63, 3.8) is 0 Å². The molecular formula is C11H25NO4Si. The van der Waals surface area contributed by atoms with E-state index in [-0.39, 0.29) is 6.42 Å². The van der Waals surface area contributed by atoms with E-state index in [0.717, 1.165) is 19.0 Å². The molecule has 0 heterocycles. The van der Waals surface area contributed by atoms with Crippen LogP contribution < -0.4 is 0 Å². The molecule has 0 aliphatic rings. The van der Waals surface area contributed by atoms with Crippen LogP contribution in [0.15, 0.2) is 0 Å². The van der Waals surface area contributed by atoms with Gasteiger partial charge in [-0.1, -0.05) is 0 Å². The van der Waals surface area contributed by atoms with Gasteiger partial charge in [-0.25, -0.2) is 0 Å². The lowest BCUT2D eigenvalue weighted by Crippen LogP contribution is -2.27. The monoisotopic (exact) mass is 263 g/mol. The Labute approximate surface area is 106 Å². The molecule has 0 aliphatic heterocycles. The van der Waals surface area contributed by atoms with Gasteiger partial charge in [-0.15, -0.1) is 0 Å². The number of hydrogen-bond acceptors (Lipinski definition) is 4. The number of aliphatic carboxylic acids is 1. The van der Waals surface area contributed by atoms with Crippen LogP contribution >= 0.6 is 0 Å². The first kappa shape index (κ1) is 16.6. The number of nitrogens with zero attached hydrogens (tertiary/aromatic N) is 1. The van der Waals surface area contributed by atoms with Gasteiger partial charge in [0.25, 0.3) is 0 Å². The van der Waals surface area contributed by atoms with Crippen LogP contribution in [0.1, 0.15) is 26.7 Å². The largest absolute Gasteiger partial charge is 0.481 e. The Balaban J connectivity index is 3.60. The maximum Gasteiger partial charge on any atom is 0.321 e. The summed E-state index contributed by atoms with van der Waals surface area (Å²) in [5.41, 5.74) is 0. The van der Waals surface area contributed by atoms with Crippen LogP contribution in [0, 0.1) is 0 Å². The molecule has 5 nitrogen and oxygen atoms in total. The molecule has 0 saturated carbocycles. The Kier molecular flexibility index (Phi) is 10.4. The van der Waals surface area contributed by atoms with E-state index in [9.17, 15) is 4.79 Å². The second kappa shape index (κ2) is 10.7. The minimum absolute atomic E-state index is 0.203. The fourth-order valence-electron chi connectivity index (χ4n) is 1.51. The molecule has 0 spiro atoms. The highest BCUT2D eigenvalue weighted by Gasteiger charge is 2.12. The van der Waals surface area contributed by atoms with Crippen molar-refractivity contribution in [2.75, 3.05) is 33.4 Å². The Bertz CT molecular complexity index is 198. The van der Waals surface area contributed by atoms with Crippen molar-refractivity contribution in [3.8, 4) is 0 Å². The quantitative estimate of drug-likeness (QED) is 0.565. The third kappa shape index (κ3) is 10.4. The average Bonchev–Trinajstić information content (AvgIpc) is 2.27. The highest BCUT2D eigenvalue weighted by Crippen LogP contribution is 2.03. The van der Waals surface area contributed by atoms with Gasteiger partial charge in [-0.3, -0.25) is 4.79 Å². The lowest BCUT2D eigenvalue weighted by Gasteiger charge is -2.18. The van der Waals surface area contributed by atoms with Crippen LogP contribution in [-0.4, -0.2) is 58.6 Å². The molecule has 0 fully saturated rings. The zero-order valence-electron chi connectivity index (χ0n) is 11.1. The maximum absolute atomic E-state index is 10.4. The van der Waals surface area contributed by atoms with E-state index in [4.69, 9.17) is 14.0 Å². The molecule has 0 unspecified atom stereocenters. The van der Waals surface area contributed by atoms with E-state index in [1.165, 1.54) is 0 Å². The minimum atomic E-state index is -1.48. The minimum Gasteiger partial charge on any atom is -0.481 e. The molecule has 0 aliphatic carbocycles. The van der Waals surface area contributed by atoms with Gasteiger partial charge in [0.2, 0.25) is 0 Å². The lowest BCUT2D eigenvalue weighted by molar-refractivity contribution is -0.137. The molecule has 6 heteroatoms. The molecule has 102 valence electrons. The normalized spacial score (nSPS) is 11.4. The predicted octanol–water partition coefficient (Wildman–Crippen LogP) is 1.08. The predicted molar refractivity (Wildman–Crippen MR) is 69.6 cm³/mol. The lowest BCUT2D eigenvalue weighted by atomic mass is 10.3. The topological polar surface area (TPSA) is 59.0 Å². The van der Waals surface area contributed by atoms with Gasteiger partial charge in [-0.2, -0.15) is 0 Å². The van der Waals surface area contributed by atoms with E-state index < -0.39 is 15.3 Å². The molecular weight excluding hydrogens is 238 g/mol. The Morgan fingerprint density at radius 3 is 2.29 bits per heavy atom. The van der Waals surface area contributed by atoms with Crippen LogP contribution in [0.5, 0.6) is 0 Å². The molecule has 0 aromatic carbocycles. The van der Waals surface area contributed by atoms with Crippen LogP contribution in [0.2, 0.25) is 6.04 Å². The van der Waals surface area contributed by atoms with E-state index >= 15 is 0 Å². The van der Waals surface area contributed by atoms with Crippen LogP contribution in [0.4, 0.5) is 0 Å². The summed E-state index contributed by atoms with van der Waals surface area (Å²) in [6.45, 7) is 6.90. The van der Waals surface area contributed by atoms with Crippen molar-refractivity contribution in [2.45, 2.75) is 32.7 Å². The van der Waals surface area contributed by atoms with Gasteiger partial charge < -0.3 is 18.9 Å². The van der Waals surface area contributed by atoms with E-state index in [1.54, 1.807) is 0 Å². The van der Waals surface area contributed by atoms with Crippen molar-refractivity contribution >= 4 is 15.3 Å². The van der Waals surface area contributed by atoms with Crippen molar-refractivity contribution in [3.05, 3.63) is 0 Å². The fourth-order valence-corrected chi connectivity index (χ4v) is 3.20. The van der Waals surface area contributed by atoms with Crippen molar-refractivity contribution < 1.29 is 18.8 Å². The molecule has 0 amide bonds. The number of rotatable bonds is 11. The summed E-state index contributed by atoms with van der Waals surface area (Å²) in [5, 5.41) is 8.56. The molecule has 1 N–H and O–H groups in total. The Morgan fingerprint density at radius 1 is 1.24 bits per heavy atom. The maximum atomic E-state index is 10.4. The smallest absolute Gasteiger partial charge is 0.321 e. The fraction of sp³-hybridized carbons (Fsp3) is 0.909. The summed E-state index contributed by atoms with van der Waals surface area (Å²) in [7, 11) is 0.470. The molecule has 0 atom stereocenters. The van der Waals surface area contributed by atoms with Gasteiger partial charge in [0, 0.05) is 19.8 Å². The molecule has 17 heavy (non-hydrogen) atoms. The summed E-state index contributed by atoms with van der Waals surface area (Å²) >= 11 is 0. The highest BCUT2D eigenvalue weighted by molar-refractivity contribution is 6.44. The molecule has 0 radical (unpaired) electrons. The summed E-state index contributed by atoms with van der Waals surface area (Å²) in [6.07, 6.45) is 1.21. The third-order valence-corrected chi connectivity index (χ3v) is 4.68. The molecule has 0 rings (SSSR count). The number of carboxylic acids is 1. The van der Waals surface area contributed by atoms with E-state index in [2.05, 4.69) is 0 Å². The van der Waals surface area contributed by atoms with Crippen LogP contribution in [-0.2, 0) is 13.6 Å².